The summed E-state index contributed by atoms with van der Waals surface area (Å²) in [4.78, 5) is 0. The maximum atomic E-state index is 13.4. The van der Waals surface area contributed by atoms with Crippen molar-refractivity contribution >= 4 is 17.3 Å². The molecule has 0 aliphatic carbocycles. The van der Waals surface area contributed by atoms with Crippen molar-refractivity contribution in [3.05, 3.63) is 29.0 Å². The van der Waals surface area contributed by atoms with E-state index in [2.05, 4.69) is 5.32 Å². The summed E-state index contributed by atoms with van der Waals surface area (Å²) in [7, 11) is 0. The van der Waals surface area contributed by atoms with Crippen LogP contribution in [0.3, 0.4) is 0 Å². The van der Waals surface area contributed by atoms with Crippen molar-refractivity contribution in [1.29, 1.82) is 0 Å². The highest BCUT2D eigenvalue weighted by Gasteiger charge is 2.07. The van der Waals surface area contributed by atoms with Gasteiger partial charge in [0.2, 0.25) is 0 Å². The summed E-state index contributed by atoms with van der Waals surface area (Å²) in [5, 5.41) is 12.8. The third kappa shape index (κ3) is 5.67. The average Bonchev–Trinajstić information content (AvgIpc) is 2.27. The zero-order chi connectivity index (χ0) is 13.5. The fraction of sp³-hybridized carbons (Fsp3) is 0.538. The molecule has 102 valence electrons. The molecule has 2 N–H and O–H groups in total. The predicted octanol–water partition coefficient (Wildman–Crippen LogP) is 2.92. The van der Waals surface area contributed by atoms with Gasteiger partial charge >= 0.3 is 0 Å². The molecule has 0 bridgehead atoms. The van der Waals surface area contributed by atoms with E-state index in [1.807, 2.05) is 13.8 Å². The first-order valence-electron chi connectivity index (χ1n) is 5.93. The minimum atomic E-state index is -0.668. The number of rotatable bonds is 7. The van der Waals surface area contributed by atoms with E-state index in [0.717, 1.165) is 0 Å². The van der Waals surface area contributed by atoms with Gasteiger partial charge in [-0.05, 0) is 24.1 Å². The van der Waals surface area contributed by atoms with Gasteiger partial charge in [-0.25, -0.2) is 4.39 Å². The van der Waals surface area contributed by atoms with Gasteiger partial charge in [0.1, 0.15) is 5.82 Å². The number of aliphatic hydroxyl groups is 1. The molecule has 0 aromatic heterocycles. The van der Waals surface area contributed by atoms with Gasteiger partial charge in [0, 0.05) is 18.2 Å². The molecule has 3 nitrogen and oxygen atoms in total. The van der Waals surface area contributed by atoms with Crippen LogP contribution in [0.4, 0.5) is 10.1 Å². The number of hydrogen-bond acceptors (Lipinski definition) is 3. The van der Waals surface area contributed by atoms with Crippen LogP contribution in [-0.2, 0) is 4.74 Å². The lowest BCUT2D eigenvalue weighted by atomic mass is 10.2. The molecule has 0 aliphatic heterocycles. The molecular weight excluding hydrogens is 257 g/mol. The van der Waals surface area contributed by atoms with Crippen molar-refractivity contribution < 1.29 is 14.2 Å². The molecule has 1 aromatic rings. The quantitative estimate of drug-likeness (QED) is 0.804. The number of halogens is 2. The molecule has 0 amide bonds. The Morgan fingerprint density at radius 3 is 2.72 bits per heavy atom. The smallest absolute Gasteiger partial charge is 0.147 e. The molecule has 1 aromatic carbocycles. The Morgan fingerprint density at radius 2 is 2.11 bits per heavy atom. The van der Waals surface area contributed by atoms with Gasteiger partial charge in [0.25, 0.3) is 0 Å². The lowest BCUT2D eigenvalue weighted by Crippen LogP contribution is -2.26. The molecule has 0 radical (unpaired) electrons. The summed E-state index contributed by atoms with van der Waals surface area (Å²) in [6.07, 6.45) is -0.668. The van der Waals surface area contributed by atoms with Gasteiger partial charge < -0.3 is 15.2 Å². The van der Waals surface area contributed by atoms with E-state index in [1.165, 1.54) is 6.07 Å². The van der Waals surface area contributed by atoms with E-state index in [-0.39, 0.29) is 13.2 Å². The first kappa shape index (κ1) is 15.2. The number of anilines is 1. The average molecular weight is 276 g/mol. The lowest BCUT2D eigenvalue weighted by molar-refractivity contribution is 0.0317. The summed E-state index contributed by atoms with van der Waals surface area (Å²) in [5.74, 6) is -0.00309. The molecule has 0 spiro atoms. The number of nitrogens with one attached hydrogen (secondary N) is 1. The minimum absolute atomic E-state index is 0.233. The van der Waals surface area contributed by atoms with Crippen LogP contribution in [0.15, 0.2) is 18.2 Å². The molecule has 0 aliphatic rings. The maximum absolute atomic E-state index is 13.4. The van der Waals surface area contributed by atoms with E-state index >= 15 is 0 Å². The van der Waals surface area contributed by atoms with Crippen LogP contribution < -0.4 is 5.32 Å². The normalized spacial score (nSPS) is 12.8. The molecule has 0 saturated heterocycles. The number of ether oxygens (including phenoxy) is 1. The van der Waals surface area contributed by atoms with Crippen molar-refractivity contribution in [3.8, 4) is 0 Å². The van der Waals surface area contributed by atoms with Crippen LogP contribution in [0, 0.1) is 11.7 Å². The Balaban J connectivity index is 2.31. The van der Waals surface area contributed by atoms with E-state index in [1.54, 1.807) is 12.1 Å². The minimum Gasteiger partial charge on any atom is -0.389 e. The van der Waals surface area contributed by atoms with Crippen LogP contribution >= 0.6 is 11.6 Å². The first-order valence-corrected chi connectivity index (χ1v) is 6.31. The summed E-state index contributed by atoms with van der Waals surface area (Å²) in [6.45, 7) is 5.14. The second-order valence-electron chi connectivity index (χ2n) is 4.59. The van der Waals surface area contributed by atoms with Crippen molar-refractivity contribution in [2.75, 3.05) is 25.1 Å². The van der Waals surface area contributed by atoms with Crippen LogP contribution in [0.2, 0.25) is 5.02 Å². The standard InChI is InChI=1S/C13H19ClFNO2/c1-9(2)7-18-8-11(17)6-16-13-4-3-10(14)5-12(13)15/h3-5,9,11,16-17H,6-8H2,1-2H3. The zero-order valence-corrected chi connectivity index (χ0v) is 11.4. The Kier molecular flexibility index (Phi) is 6.39. The van der Waals surface area contributed by atoms with E-state index in [9.17, 15) is 9.50 Å². The van der Waals surface area contributed by atoms with Crippen molar-refractivity contribution in [3.63, 3.8) is 0 Å². The van der Waals surface area contributed by atoms with Crippen LogP contribution in [0.25, 0.3) is 0 Å². The maximum Gasteiger partial charge on any atom is 0.147 e. The van der Waals surface area contributed by atoms with E-state index in [0.29, 0.717) is 23.2 Å². The monoisotopic (exact) mass is 275 g/mol. The second kappa shape index (κ2) is 7.56. The highest BCUT2D eigenvalue weighted by atomic mass is 35.5. The van der Waals surface area contributed by atoms with Gasteiger partial charge in [0.15, 0.2) is 0 Å². The predicted molar refractivity (Wildman–Crippen MR) is 71.6 cm³/mol. The highest BCUT2D eigenvalue weighted by Crippen LogP contribution is 2.18. The third-order valence-electron chi connectivity index (χ3n) is 2.22. The summed E-state index contributed by atoms with van der Waals surface area (Å²) >= 11 is 5.64. The molecule has 5 heteroatoms. The van der Waals surface area contributed by atoms with Crippen molar-refractivity contribution in [2.24, 2.45) is 5.92 Å². The molecule has 0 saturated carbocycles. The fourth-order valence-electron chi connectivity index (χ4n) is 1.36. The van der Waals surface area contributed by atoms with E-state index < -0.39 is 11.9 Å². The number of aliphatic hydroxyl groups excluding tert-OH is 1. The third-order valence-corrected chi connectivity index (χ3v) is 2.46. The molecule has 1 rings (SSSR count). The Hall–Kier alpha value is -0.840. The highest BCUT2D eigenvalue weighted by molar-refractivity contribution is 6.30. The summed E-state index contributed by atoms with van der Waals surface area (Å²) in [5.41, 5.74) is 0.322. The number of benzene rings is 1. The Labute approximate surface area is 112 Å². The van der Waals surface area contributed by atoms with Gasteiger partial charge in [0.05, 0.1) is 18.4 Å². The van der Waals surface area contributed by atoms with Gasteiger partial charge in [-0.1, -0.05) is 25.4 Å². The van der Waals surface area contributed by atoms with Crippen LogP contribution in [0.5, 0.6) is 0 Å². The SMILES string of the molecule is CC(C)COCC(O)CNc1ccc(Cl)cc1F. The van der Waals surface area contributed by atoms with Crippen LogP contribution in [0.1, 0.15) is 13.8 Å². The summed E-state index contributed by atoms with van der Waals surface area (Å²) in [6, 6.07) is 4.36. The Bertz CT molecular complexity index is 374. The molecule has 18 heavy (non-hydrogen) atoms. The van der Waals surface area contributed by atoms with Gasteiger partial charge in [-0.2, -0.15) is 0 Å². The topological polar surface area (TPSA) is 41.5 Å². The largest absolute Gasteiger partial charge is 0.389 e. The van der Waals surface area contributed by atoms with Gasteiger partial charge in [-0.3, -0.25) is 0 Å². The van der Waals surface area contributed by atoms with Crippen molar-refractivity contribution in [2.45, 2.75) is 20.0 Å². The Morgan fingerprint density at radius 1 is 1.39 bits per heavy atom. The van der Waals surface area contributed by atoms with E-state index in [4.69, 9.17) is 16.3 Å². The first-order chi connectivity index (χ1) is 8.49. The molecule has 1 unspecified atom stereocenters. The molecular formula is C13H19ClFNO2. The number of hydrogen-bond donors (Lipinski definition) is 2. The lowest BCUT2D eigenvalue weighted by Gasteiger charge is -2.14. The van der Waals surface area contributed by atoms with Crippen LogP contribution in [-0.4, -0.2) is 31.0 Å². The zero-order valence-electron chi connectivity index (χ0n) is 10.6. The summed E-state index contributed by atoms with van der Waals surface area (Å²) < 4.78 is 18.7. The van der Waals surface area contributed by atoms with Crippen molar-refractivity contribution in [1.82, 2.24) is 0 Å². The molecule has 0 heterocycles. The fourth-order valence-corrected chi connectivity index (χ4v) is 1.52. The van der Waals surface area contributed by atoms with Gasteiger partial charge in [-0.15, -0.1) is 0 Å². The molecule has 0 fully saturated rings. The molecule has 1 atom stereocenters. The second-order valence-corrected chi connectivity index (χ2v) is 5.03.